The first kappa shape index (κ1) is 18.6. The van der Waals surface area contributed by atoms with Crippen molar-refractivity contribution in [2.45, 2.75) is 13.1 Å². The van der Waals surface area contributed by atoms with Crippen LogP contribution in [0.3, 0.4) is 0 Å². The number of nitrogens with zero attached hydrogens (tertiary/aromatic N) is 2. The highest BCUT2D eigenvalue weighted by Crippen LogP contribution is 2.25. The van der Waals surface area contributed by atoms with E-state index < -0.39 is 12.5 Å². The Hall–Kier alpha value is -3.22. The van der Waals surface area contributed by atoms with Gasteiger partial charge in [-0.25, -0.2) is 8.78 Å². The smallest absolute Gasteiger partial charge is 0.318 e. The van der Waals surface area contributed by atoms with Crippen LogP contribution in [0, 0.1) is 5.82 Å². The molecule has 0 radical (unpaired) electrons. The van der Waals surface area contributed by atoms with Crippen LogP contribution < -0.4 is 10.1 Å². The second-order valence-electron chi connectivity index (χ2n) is 5.91. The molecule has 7 heteroatoms. The first-order valence-electron chi connectivity index (χ1n) is 8.38. The van der Waals surface area contributed by atoms with Crippen molar-refractivity contribution < 1.29 is 18.6 Å². The lowest BCUT2D eigenvalue weighted by Crippen LogP contribution is -2.09. The number of benzene rings is 2. The lowest BCUT2D eigenvalue weighted by Gasteiger charge is -2.10. The fourth-order valence-electron chi connectivity index (χ4n) is 2.62. The summed E-state index contributed by atoms with van der Waals surface area (Å²) in [7, 11) is 1.47. The summed E-state index contributed by atoms with van der Waals surface area (Å²) in [5, 5.41) is 12.8. The van der Waals surface area contributed by atoms with Gasteiger partial charge in [-0.15, -0.1) is 0 Å². The zero-order valence-corrected chi connectivity index (χ0v) is 14.7. The van der Waals surface area contributed by atoms with Gasteiger partial charge >= 0.3 is 6.01 Å². The third kappa shape index (κ3) is 4.69. The molecule has 2 N–H and O–H groups in total. The minimum Gasteiger partial charge on any atom is -0.508 e. The minimum absolute atomic E-state index is 0.131. The molecule has 3 rings (SSSR count). The third-order valence-corrected chi connectivity index (χ3v) is 4.00. The van der Waals surface area contributed by atoms with Gasteiger partial charge in [0.2, 0.25) is 0 Å². The number of aromatic nitrogens is 2. The van der Waals surface area contributed by atoms with E-state index >= 15 is 0 Å². The number of rotatable bonds is 7. The van der Waals surface area contributed by atoms with Gasteiger partial charge in [0.05, 0.1) is 12.8 Å². The van der Waals surface area contributed by atoms with Crippen molar-refractivity contribution in [3.63, 3.8) is 0 Å². The van der Waals surface area contributed by atoms with Crippen LogP contribution >= 0.6 is 0 Å². The largest absolute Gasteiger partial charge is 0.508 e. The number of hydrogen-bond acceptors (Lipinski definition) is 5. The molecule has 1 heterocycles. The van der Waals surface area contributed by atoms with Gasteiger partial charge < -0.3 is 15.2 Å². The van der Waals surface area contributed by atoms with E-state index in [4.69, 9.17) is 4.74 Å². The summed E-state index contributed by atoms with van der Waals surface area (Å²) in [5.74, 6) is 0.223. The molecular formula is C20H19F2N3O2. The number of methoxy groups -OCH3 is 1. The van der Waals surface area contributed by atoms with Crippen LogP contribution in [0.1, 0.15) is 11.1 Å². The Bertz CT molecular complexity index is 935. The second-order valence-corrected chi connectivity index (χ2v) is 5.91. The molecule has 0 bridgehead atoms. The Morgan fingerprint density at radius 1 is 1.11 bits per heavy atom. The van der Waals surface area contributed by atoms with Crippen LogP contribution in [-0.2, 0) is 13.1 Å². The highest BCUT2D eigenvalue weighted by molar-refractivity contribution is 5.64. The predicted molar refractivity (Wildman–Crippen MR) is 99.1 cm³/mol. The molecule has 2 aromatic carbocycles. The average Bonchev–Trinajstić information content (AvgIpc) is 2.69. The number of anilines is 1. The molecule has 0 atom stereocenters. The van der Waals surface area contributed by atoms with E-state index in [1.807, 2.05) is 6.07 Å². The zero-order valence-electron chi connectivity index (χ0n) is 14.7. The van der Waals surface area contributed by atoms with Crippen LogP contribution in [0.2, 0.25) is 0 Å². The number of aromatic hydroxyl groups is 1. The van der Waals surface area contributed by atoms with E-state index in [1.54, 1.807) is 36.4 Å². The van der Waals surface area contributed by atoms with Gasteiger partial charge in [0.15, 0.2) is 0 Å². The highest BCUT2D eigenvalue weighted by Gasteiger charge is 2.09. The molecule has 0 unspecified atom stereocenters. The molecule has 1 aromatic heterocycles. The van der Waals surface area contributed by atoms with Crippen LogP contribution in [-0.4, -0.2) is 28.7 Å². The summed E-state index contributed by atoms with van der Waals surface area (Å²) in [6.07, 6.45) is 0.409. The number of nitrogens with one attached hydrogen (secondary N) is 1. The molecule has 0 amide bonds. The first-order valence-corrected chi connectivity index (χ1v) is 8.38. The maximum absolute atomic E-state index is 13.9. The highest BCUT2D eigenvalue weighted by atomic mass is 19.1. The predicted octanol–water partition coefficient (Wildman–Crippen LogP) is 4.12. The summed E-state index contributed by atoms with van der Waals surface area (Å²) >= 11 is 0. The molecular weight excluding hydrogens is 352 g/mol. The summed E-state index contributed by atoms with van der Waals surface area (Å²) in [6, 6.07) is 13.0. The van der Waals surface area contributed by atoms with Gasteiger partial charge in [-0.3, -0.25) is 0 Å². The molecule has 27 heavy (non-hydrogen) atoms. The van der Waals surface area contributed by atoms with Gasteiger partial charge in [0, 0.05) is 18.2 Å². The SMILES string of the molecule is COc1nc(NCCc2ccc(CF)cc2F)cc(-c2cccc(O)c2)n1. The van der Waals surface area contributed by atoms with Crippen LogP contribution in [0.15, 0.2) is 48.5 Å². The summed E-state index contributed by atoms with van der Waals surface area (Å²) in [6.45, 7) is -0.264. The molecule has 0 aliphatic carbocycles. The van der Waals surface area contributed by atoms with E-state index in [0.717, 1.165) is 0 Å². The Balaban J connectivity index is 1.74. The molecule has 3 aromatic rings. The van der Waals surface area contributed by atoms with E-state index in [9.17, 15) is 13.9 Å². The lowest BCUT2D eigenvalue weighted by atomic mass is 10.1. The quantitative estimate of drug-likeness (QED) is 0.654. The number of hydrogen-bond donors (Lipinski definition) is 2. The molecule has 5 nitrogen and oxygen atoms in total. The standard InChI is InChI=1S/C20H19F2N3O2/c1-27-20-24-18(15-3-2-4-16(26)10-15)11-19(25-20)23-8-7-14-6-5-13(12-21)9-17(14)22/h2-6,9-11,26H,7-8,12H2,1H3,(H,23,24,25). The van der Waals surface area contributed by atoms with Crippen molar-refractivity contribution in [1.82, 2.24) is 9.97 Å². The van der Waals surface area contributed by atoms with Gasteiger partial charge in [0.25, 0.3) is 0 Å². The van der Waals surface area contributed by atoms with Crippen LogP contribution in [0.25, 0.3) is 11.3 Å². The van der Waals surface area contributed by atoms with Gasteiger partial charge in [0.1, 0.15) is 24.1 Å². The maximum Gasteiger partial charge on any atom is 0.318 e. The zero-order chi connectivity index (χ0) is 19.2. The maximum atomic E-state index is 13.9. The second kappa shape index (κ2) is 8.44. The molecule has 0 aliphatic heterocycles. The summed E-state index contributed by atoms with van der Waals surface area (Å²) in [5.41, 5.74) is 2.11. The van der Waals surface area contributed by atoms with Crippen molar-refractivity contribution >= 4 is 5.82 Å². The minimum atomic E-state index is -0.687. The fraction of sp³-hybridized carbons (Fsp3) is 0.200. The van der Waals surface area contributed by atoms with Crippen molar-refractivity contribution in [2.75, 3.05) is 19.0 Å². The topological polar surface area (TPSA) is 67.3 Å². The number of alkyl halides is 1. The van der Waals surface area contributed by atoms with Crippen LogP contribution in [0.5, 0.6) is 11.8 Å². The van der Waals surface area contributed by atoms with Gasteiger partial charge in [-0.1, -0.05) is 24.3 Å². The average molecular weight is 371 g/mol. The Labute approximate surface area is 155 Å². The van der Waals surface area contributed by atoms with Crippen molar-refractivity contribution in [3.8, 4) is 23.0 Å². The number of halogens is 2. The molecule has 0 aliphatic rings. The summed E-state index contributed by atoms with van der Waals surface area (Å²) in [4.78, 5) is 8.51. The number of phenolic OH excluding ortho intramolecular Hbond substituents is 1. The van der Waals surface area contributed by atoms with E-state index in [-0.39, 0.29) is 11.8 Å². The Morgan fingerprint density at radius 2 is 1.96 bits per heavy atom. The number of phenols is 1. The van der Waals surface area contributed by atoms with E-state index in [1.165, 1.54) is 13.2 Å². The lowest BCUT2D eigenvalue weighted by molar-refractivity contribution is 0.381. The van der Waals surface area contributed by atoms with Gasteiger partial charge in [-0.05, 0) is 35.7 Å². The number of ether oxygens (including phenoxy) is 1. The van der Waals surface area contributed by atoms with E-state index in [0.29, 0.717) is 41.2 Å². The van der Waals surface area contributed by atoms with Crippen molar-refractivity contribution in [3.05, 3.63) is 65.5 Å². The van der Waals surface area contributed by atoms with E-state index in [2.05, 4.69) is 15.3 Å². The monoisotopic (exact) mass is 371 g/mol. The van der Waals surface area contributed by atoms with Crippen molar-refractivity contribution in [1.29, 1.82) is 0 Å². The van der Waals surface area contributed by atoms with Gasteiger partial charge in [-0.2, -0.15) is 9.97 Å². The van der Waals surface area contributed by atoms with Crippen molar-refractivity contribution in [2.24, 2.45) is 0 Å². The van der Waals surface area contributed by atoms with Crippen LogP contribution in [0.4, 0.5) is 14.6 Å². The molecule has 140 valence electrons. The molecule has 0 saturated heterocycles. The summed E-state index contributed by atoms with van der Waals surface area (Å²) < 4.78 is 31.6. The molecule has 0 spiro atoms. The Morgan fingerprint density at radius 3 is 2.67 bits per heavy atom. The first-order chi connectivity index (χ1) is 13.1. The molecule has 0 saturated carbocycles. The normalized spacial score (nSPS) is 10.6. The third-order valence-electron chi connectivity index (χ3n) is 4.00. The molecule has 0 fully saturated rings. The Kier molecular flexibility index (Phi) is 5.80. The fourth-order valence-corrected chi connectivity index (χ4v) is 2.62.